The lowest BCUT2D eigenvalue weighted by atomic mass is 10.2. The van der Waals surface area contributed by atoms with Crippen LogP contribution in [0.15, 0.2) is 72.8 Å². The molecule has 0 N–H and O–H groups in total. The lowest BCUT2D eigenvalue weighted by Crippen LogP contribution is -2.80. The third kappa shape index (κ3) is 3.79. The van der Waals surface area contributed by atoms with Gasteiger partial charge in [-0.2, -0.15) is 0 Å². The fourth-order valence-electron chi connectivity index (χ4n) is 5.01. The summed E-state index contributed by atoms with van der Waals surface area (Å²) in [4.78, 5) is 13.1. The molecule has 1 unspecified atom stereocenters. The summed E-state index contributed by atoms with van der Waals surface area (Å²) in [6.07, 6.45) is 3.21. The Kier molecular flexibility index (Phi) is 6.68. The zero-order valence-corrected chi connectivity index (χ0v) is 19.7. The average Bonchev–Trinajstić information content (AvgIpc) is 2.74. The van der Waals surface area contributed by atoms with Crippen LogP contribution in [0.4, 0.5) is 0 Å². The van der Waals surface area contributed by atoms with Gasteiger partial charge in [0, 0.05) is 12.0 Å². The molecule has 0 spiro atoms. The van der Waals surface area contributed by atoms with Crippen LogP contribution in [0.1, 0.15) is 53.4 Å². The molecule has 0 bridgehead atoms. The number of ether oxygens (including phenoxy) is 2. The molecular formula is C26H34O3Si. The zero-order chi connectivity index (χ0) is 21.8. The van der Waals surface area contributed by atoms with E-state index in [9.17, 15) is 4.79 Å². The van der Waals surface area contributed by atoms with E-state index in [4.69, 9.17) is 9.47 Å². The van der Waals surface area contributed by atoms with Crippen molar-refractivity contribution in [1.29, 1.82) is 0 Å². The van der Waals surface area contributed by atoms with Crippen LogP contribution in [0, 0.1) is 0 Å². The first-order valence-corrected chi connectivity index (χ1v) is 12.9. The molecule has 3 rings (SSSR count). The van der Waals surface area contributed by atoms with Crippen LogP contribution in [-0.2, 0) is 14.3 Å². The fraction of sp³-hybridized carbons (Fsp3) is 0.423. The molecule has 0 aromatic heterocycles. The predicted octanol–water partition coefficient (Wildman–Crippen LogP) is 5.00. The summed E-state index contributed by atoms with van der Waals surface area (Å²) in [6, 6.07) is 21.1. The van der Waals surface area contributed by atoms with E-state index in [2.05, 4.69) is 75.9 Å². The topological polar surface area (TPSA) is 35.5 Å². The van der Waals surface area contributed by atoms with Crippen molar-refractivity contribution < 1.29 is 14.3 Å². The number of carbonyl (C=O) groups excluding carboxylic acids is 1. The highest BCUT2D eigenvalue weighted by Crippen LogP contribution is 2.48. The molecule has 1 atom stereocenters. The van der Waals surface area contributed by atoms with E-state index >= 15 is 0 Å². The predicted molar refractivity (Wildman–Crippen MR) is 126 cm³/mol. The molecule has 160 valence electrons. The van der Waals surface area contributed by atoms with Crippen LogP contribution >= 0.6 is 0 Å². The van der Waals surface area contributed by atoms with Crippen LogP contribution in [0.25, 0.3) is 0 Å². The largest absolute Gasteiger partial charge is 0.433 e. The standard InChI is InChI=1S/C26H34O3Si/c1-6-21(2)24(27)29-26(19-13-14-20-28-26)30(25(3,4)5,22-15-9-7-10-16-22)23-17-11-8-12-18-23/h7-12,15-18H,2,6,13-14,19-20H2,1,3-5H3. The van der Waals surface area contributed by atoms with Gasteiger partial charge in [-0.05, 0) is 34.7 Å². The van der Waals surface area contributed by atoms with Crippen molar-refractivity contribution in [2.75, 3.05) is 6.61 Å². The number of esters is 1. The highest BCUT2D eigenvalue weighted by molar-refractivity contribution is 7.06. The Morgan fingerprint density at radius 3 is 1.97 bits per heavy atom. The van der Waals surface area contributed by atoms with Crippen molar-refractivity contribution in [3.8, 4) is 0 Å². The lowest BCUT2D eigenvalue weighted by Gasteiger charge is -2.55. The van der Waals surface area contributed by atoms with Gasteiger partial charge in [-0.3, -0.25) is 0 Å². The van der Waals surface area contributed by atoms with Crippen LogP contribution < -0.4 is 10.4 Å². The van der Waals surface area contributed by atoms with E-state index in [1.807, 2.05) is 19.1 Å². The first kappa shape index (κ1) is 22.5. The summed E-state index contributed by atoms with van der Waals surface area (Å²) in [5.41, 5.74) is -0.497. The number of hydrogen-bond donors (Lipinski definition) is 0. The van der Waals surface area contributed by atoms with Gasteiger partial charge in [-0.25, -0.2) is 4.79 Å². The second-order valence-electron chi connectivity index (χ2n) is 9.14. The summed E-state index contributed by atoms with van der Waals surface area (Å²) in [5, 5.41) is 2.27. The number of rotatable bonds is 6. The first-order chi connectivity index (χ1) is 14.3. The van der Waals surface area contributed by atoms with E-state index in [1.165, 1.54) is 10.4 Å². The molecule has 1 aliphatic heterocycles. The van der Waals surface area contributed by atoms with Gasteiger partial charge in [-0.15, -0.1) is 0 Å². The molecule has 0 saturated carbocycles. The van der Waals surface area contributed by atoms with Crippen molar-refractivity contribution in [1.82, 2.24) is 0 Å². The van der Waals surface area contributed by atoms with Gasteiger partial charge in [0.25, 0.3) is 0 Å². The molecule has 4 heteroatoms. The Labute approximate surface area is 182 Å². The van der Waals surface area contributed by atoms with E-state index in [0.29, 0.717) is 25.0 Å². The van der Waals surface area contributed by atoms with Crippen LogP contribution in [0.5, 0.6) is 0 Å². The molecule has 1 heterocycles. The molecular weight excluding hydrogens is 388 g/mol. The molecule has 1 aliphatic rings. The van der Waals surface area contributed by atoms with Gasteiger partial charge in [0.1, 0.15) is 0 Å². The number of benzene rings is 2. The number of carbonyl (C=O) groups is 1. The van der Waals surface area contributed by atoms with Crippen LogP contribution in [0.2, 0.25) is 5.04 Å². The monoisotopic (exact) mass is 422 g/mol. The summed E-state index contributed by atoms with van der Waals surface area (Å²) in [6.45, 7) is 13.3. The van der Waals surface area contributed by atoms with Gasteiger partial charge < -0.3 is 9.47 Å². The minimum atomic E-state index is -2.83. The normalized spacial score (nSPS) is 19.9. The molecule has 0 radical (unpaired) electrons. The molecule has 2 aromatic carbocycles. The van der Waals surface area contributed by atoms with Crippen LogP contribution in [0.3, 0.4) is 0 Å². The van der Waals surface area contributed by atoms with Crippen molar-refractivity contribution >= 4 is 24.4 Å². The average molecular weight is 423 g/mol. The van der Waals surface area contributed by atoms with Crippen molar-refractivity contribution in [2.24, 2.45) is 0 Å². The van der Waals surface area contributed by atoms with E-state index < -0.39 is 13.5 Å². The Morgan fingerprint density at radius 1 is 1.03 bits per heavy atom. The van der Waals surface area contributed by atoms with E-state index in [-0.39, 0.29) is 11.0 Å². The highest BCUT2D eigenvalue weighted by Gasteiger charge is 2.66. The Hall–Kier alpha value is -2.17. The minimum Gasteiger partial charge on any atom is -0.433 e. The quantitative estimate of drug-likeness (QED) is 0.373. The van der Waals surface area contributed by atoms with E-state index in [0.717, 1.165) is 12.8 Å². The maximum atomic E-state index is 13.1. The maximum Gasteiger partial charge on any atom is 0.335 e. The molecule has 30 heavy (non-hydrogen) atoms. The van der Waals surface area contributed by atoms with Crippen molar-refractivity contribution in [3.05, 3.63) is 72.8 Å². The van der Waals surface area contributed by atoms with Crippen molar-refractivity contribution in [3.63, 3.8) is 0 Å². The summed E-state index contributed by atoms with van der Waals surface area (Å²) in [7, 11) is -2.83. The third-order valence-electron chi connectivity index (χ3n) is 6.32. The summed E-state index contributed by atoms with van der Waals surface area (Å²) in [5.74, 6) is -0.340. The van der Waals surface area contributed by atoms with Gasteiger partial charge in [0.05, 0.1) is 6.61 Å². The first-order valence-electron chi connectivity index (χ1n) is 10.9. The summed E-state index contributed by atoms with van der Waals surface area (Å²) < 4.78 is 13.0. The molecule has 2 aromatic rings. The summed E-state index contributed by atoms with van der Waals surface area (Å²) >= 11 is 0. The lowest BCUT2D eigenvalue weighted by molar-refractivity contribution is -0.207. The molecule has 0 amide bonds. The van der Waals surface area contributed by atoms with Gasteiger partial charge >= 0.3 is 5.97 Å². The third-order valence-corrected chi connectivity index (χ3v) is 12.6. The molecule has 3 nitrogen and oxygen atoms in total. The minimum absolute atomic E-state index is 0.180. The Morgan fingerprint density at radius 2 is 1.57 bits per heavy atom. The Bertz CT molecular complexity index is 823. The number of hydrogen-bond acceptors (Lipinski definition) is 3. The molecule has 1 fully saturated rings. The van der Waals surface area contributed by atoms with Gasteiger partial charge in [0.15, 0.2) is 0 Å². The van der Waals surface area contributed by atoms with E-state index in [1.54, 1.807) is 0 Å². The Balaban J connectivity index is 2.35. The maximum absolute atomic E-state index is 13.1. The van der Waals surface area contributed by atoms with Gasteiger partial charge in [-0.1, -0.05) is 94.9 Å². The van der Waals surface area contributed by atoms with Gasteiger partial charge in [0.2, 0.25) is 13.5 Å². The molecule has 0 aliphatic carbocycles. The van der Waals surface area contributed by atoms with Crippen LogP contribution in [-0.4, -0.2) is 26.1 Å². The second kappa shape index (κ2) is 8.91. The second-order valence-corrected chi connectivity index (χ2v) is 14.1. The smallest absolute Gasteiger partial charge is 0.335 e. The zero-order valence-electron chi connectivity index (χ0n) is 18.7. The molecule has 1 saturated heterocycles. The SMILES string of the molecule is C=C(CC)C(=O)OC1([Si](c2ccccc2)(c2ccccc2)C(C)(C)C)CCCCO1. The fourth-order valence-corrected chi connectivity index (χ4v) is 11.6. The van der Waals surface area contributed by atoms with Crippen molar-refractivity contribution in [2.45, 2.75) is 63.8 Å². The highest BCUT2D eigenvalue weighted by atomic mass is 28.3.